The first kappa shape index (κ1) is 18.5. The van der Waals surface area contributed by atoms with Crippen LogP contribution in [0.1, 0.15) is 16.4 Å². The summed E-state index contributed by atoms with van der Waals surface area (Å²) >= 11 is 8.00. The third-order valence-electron chi connectivity index (χ3n) is 4.34. The molecule has 3 nitrogen and oxygen atoms in total. The van der Waals surface area contributed by atoms with Gasteiger partial charge in [0, 0.05) is 0 Å². The van der Waals surface area contributed by atoms with Gasteiger partial charge in [-0.1, -0.05) is 90.5 Å². The van der Waals surface area contributed by atoms with Crippen LogP contribution in [0, 0.1) is 0 Å². The number of hydrogen-bond donors (Lipinski definition) is 0. The van der Waals surface area contributed by atoms with Crippen LogP contribution in [0.25, 0.3) is 5.69 Å². The Kier molecular flexibility index (Phi) is 5.60. The van der Waals surface area contributed by atoms with Crippen LogP contribution in [-0.4, -0.2) is 9.78 Å². The van der Waals surface area contributed by atoms with E-state index in [1.165, 1.54) is 16.4 Å². The average Bonchev–Trinajstić information content (AvgIpc) is 2.77. The largest absolute Gasteiger partial charge is 0.291 e. The number of rotatable bonds is 5. The van der Waals surface area contributed by atoms with Crippen molar-refractivity contribution in [3.05, 3.63) is 124 Å². The van der Waals surface area contributed by atoms with E-state index in [4.69, 9.17) is 11.6 Å². The molecule has 0 saturated carbocycles. The van der Waals surface area contributed by atoms with Gasteiger partial charge in [-0.05, 0) is 23.3 Å². The molecular weight excluding hydrogens is 388 g/mol. The van der Waals surface area contributed by atoms with Crippen molar-refractivity contribution in [2.45, 2.75) is 10.1 Å². The molecule has 0 fully saturated rings. The average molecular weight is 405 g/mol. The summed E-state index contributed by atoms with van der Waals surface area (Å²) in [7, 11) is 0. The highest BCUT2D eigenvalue weighted by molar-refractivity contribution is 7.99. The number of halogens is 1. The third kappa shape index (κ3) is 3.88. The van der Waals surface area contributed by atoms with E-state index in [0.717, 1.165) is 11.1 Å². The fraction of sp³-hybridized carbons (Fsp3) is 0.0435. The van der Waals surface area contributed by atoms with E-state index in [1.54, 1.807) is 6.20 Å². The first-order valence-corrected chi connectivity index (χ1v) is 10.1. The summed E-state index contributed by atoms with van der Waals surface area (Å²) in [6.45, 7) is 0. The Morgan fingerprint density at radius 3 is 1.82 bits per heavy atom. The quantitative estimate of drug-likeness (QED) is 0.396. The number of thioether (sulfide) groups is 1. The molecule has 0 radical (unpaired) electrons. The SMILES string of the molecule is O=c1c(Cl)c(SC(c2ccccc2)c2ccccc2)cnn1-c1ccccc1. The van der Waals surface area contributed by atoms with E-state index in [1.807, 2.05) is 66.7 Å². The van der Waals surface area contributed by atoms with Crippen LogP contribution in [0.4, 0.5) is 0 Å². The maximum atomic E-state index is 12.8. The molecule has 5 heteroatoms. The fourth-order valence-electron chi connectivity index (χ4n) is 2.96. The molecule has 0 aliphatic carbocycles. The molecule has 0 saturated heterocycles. The zero-order valence-electron chi connectivity index (χ0n) is 14.9. The van der Waals surface area contributed by atoms with Gasteiger partial charge in [0.1, 0.15) is 5.02 Å². The second-order valence-electron chi connectivity index (χ2n) is 6.19. The Bertz CT molecular complexity index is 1080. The predicted molar refractivity (Wildman–Crippen MR) is 115 cm³/mol. The van der Waals surface area contributed by atoms with Gasteiger partial charge in [0.2, 0.25) is 0 Å². The number of aromatic nitrogens is 2. The monoisotopic (exact) mass is 404 g/mol. The number of nitrogens with zero attached hydrogens (tertiary/aromatic N) is 2. The molecule has 0 N–H and O–H groups in total. The van der Waals surface area contributed by atoms with E-state index in [2.05, 4.69) is 29.4 Å². The van der Waals surface area contributed by atoms with Crippen molar-refractivity contribution in [1.82, 2.24) is 9.78 Å². The molecular formula is C23H17ClN2OS. The van der Waals surface area contributed by atoms with E-state index in [-0.39, 0.29) is 15.8 Å². The van der Waals surface area contributed by atoms with Gasteiger partial charge < -0.3 is 0 Å². The Morgan fingerprint density at radius 2 is 1.29 bits per heavy atom. The summed E-state index contributed by atoms with van der Waals surface area (Å²) in [6.07, 6.45) is 1.67. The second kappa shape index (κ2) is 8.46. The first-order valence-electron chi connectivity index (χ1n) is 8.84. The van der Waals surface area contributed by atoms with Gasteiger partial charge in [0.15, 0.2) is 0 Å². The van der Waals surface area contributed by atoms with Crippen molar-refractivity contribution < 1.29 is 0 Å². The number of benzene rings is 3. The van der Waals surface area contributed by atoms with Crippen molar-refractivity contribution in [3.8, 4) is 5.69 Å². The Balaban J connectivity index is 1.74. The molecule has 0 atom stereocenters. The Labute approximate surface area is 172 Å². The zero-order valence-corrected chi connectivity index (χ0v) is 16.5. The molecule has 0 aliphatic rings. The van der Waals surface area contributed by atoms with Crippen molar-refractivity contribution in [1.29, 1.82) is 0 Å². The summed E-state index contributed by atoms with van der Waals surface area (Å²) in [4.78, 5) is 13.5. The van der Waals surface area contributed by atoms with E-state index >= 15 is 0 Å². The smallest absolute Gasteiger partial charge is 0.266 e. The van der Waals surface area contributed by atoms with Gasteiger partial charge in [0.05, 0.1) is 22.0 Å². The lowest BCUT2D eigenvalue weighted by Crippen LogP contribution is -2.21. The van der Waals surface area contributed by atoms with Gasteiger partial charge >= 0.3 is 0 Å². The summed E-state index contributed by atoms with van der Waals surface area (Å²) < 4.78 is 1.33. The van der Waals surface area contributed by atoms with Gasteiger partial charge in [-0.15, -0.1) is 11.8 Å². The highest BCUT2D eigenvalue weighted by Crippen LogP contribution is 2.41. The van der Waals surface area contributed by atoms with Crippen LogP contribution in [0.2, 0.25) is 5.02 Å². The lowest BCUT2D eigenvalue weighted by Gasteiger charge is -2.18. The fourth-order valence-corrected chi connectivity index (χ4v) is 4.37. The van der Waals surface area contributed by atoms with Crippen LogP contribution in [-0.2, 0) is 0 Å². The molecule has 1 aromatic heterocycles. The normalized spacial score (nSPS) is 10.9. The van der Waals surface area contributed by atoms with E-state index in [9.17, 15) is 4.79 Å². The highest BCUT2D eigenvalue weighted by atomic mass is 35.5. The van der Waals surface area contributed by atoms with Crippen LogP contribution in [0.5, 0.6) is 0 Å². The third-order valence-corrected chi connectivity index (χ3v) is 6.16. The molecule has 0 bridgehead atoms. The number of hydrogen-bond acceptors (Lipinski definition) is 3. The van der Waals surface area contributed by atoms with Crippen molar-refractivity contribution in [2.24, 2.45) is 0 Å². The van der Waals surface area contributed by atoms with Gasteiger partial charge in [-0.2, -0.15) is 9.78 Å². The van der Waals surface area contributed by atoms with Crippen LogP contribution >= 0.6 is 23.4 Å². The number of para-hydroxylation sites is 1. The molecule has 0 unspecified atom stereocenters. The van der Waals surface area contributed by atoms with Crippen molar-refractivity contribution >= 4 is 23.4 Å². The lowest BCUT2D eigenvalue weighted by molar-refractivity contribution is 0.791. The topological polar surface area (TPSA) is 34.9 Å². The maximum Gasteiger partial charge on any atom is 0.291 e. The van der Waals surface area contributed by atoms with Gasteiger partial charge in [-0.3, -0.25) is 4.79 Å². The molecule has 0 aliphatic heterocycles. The highest BCUT2D eigenvalue weighted by Gasteiger charge is 2.19. The van der Waals surface area contributed by atoms with Gasteiger partial charge in [0.25, 0.3) is 5.56 Å². The summed E-state index contributed by atoms with van der Waals surface area (Å²) in [6, 6.07) is 29.6. The van der Waals surface area contributed by atoms with Crippen molar-refractivity contribution in [2.75, 3.05) is 0 Å². The van der Waals surface area contributed by atoms with Crippen LogP contribution in [0.3, 0.4) is 0 Å². The molecule has 1 heterocycles. The van der Waals surface area contributed by atoms with Gasteiger partial charge in [-0.25, -0.2) is 0 Å². The minimum Gasteiger partial charge on any atom is -0.266 e. The van der Waals surface area contributed by atoms with Crippen LogP contribution < -0.4 is 5.56 Å². The minimum atomic E-state index is -0.322. The Hall–Kier alpha value is -2.82. The van der Waals surface area contributed by atoms with Crippen molar-refractivity contribution in [3.63, 3.8) is 0 Å². The zero-order chi connectivity index (χ0) is 19.3. The minimum absolute atomic E-state index is 0.00803. The Morgan fingerprint density at radius 1 is 0.786 bits per heavy atom. The summed E-state index contributed by atoms with van der Waals surface area (Å²) in [5.41, 5.74) is 2.65. The second-order valence-corrected chi connectivity index (χ2v) is 7.72. The lowest BCUT2D eigenvalue weighted by atomic mass is 10.0. The molecule has 0 spiro atoms. The molecule has 4 aromatic rings. The molecule has 28 heavy (non-hydrogen) atoms. The molecule has 4 rings (SSSR count). The standard InChI is InChI=1S/C23H17ClN2OS/c24-21-20(16-25-26(23(21)27)19-14-8-3-9-15-19)28-22(17-10-4-1-5-11-17)18-12-6-2-7-13-18/h1-16,22H. The predicted octanol–water partition coefficient (Wildman–Crippen LogP) is 5.77. The van der Waals surface area contributed by atoms with E-state index < -0.39 is 0 Å². The van der Waals surface area contributed by atoms with Crippen LogP contribution in [0.15, 0.2) is 107 Å². The summed E-state index contributed by atoms with van der Waals surface area (Å²) in [5.74, 6) is 0. The summed E-state index contributed by atoms with van der Waals surface area (Å²) in [5, 5.41) is 4.54. The first-order chi connectivity index (χ1) is 13.7. The molecule has 138 valence electrons. The molecule has 3 aromatic carbocycles. The van der Waals surface area contributed by atoms with E-state index in [0.29, 0.717) is 10.6 Å². The molecule has 0 amide bonds. The maximum absolute atomic E-state index is 12.8.